The molecule has 0 saturated heterocycles. The van der Waals surface area contributed by atoms with E-state index < -0.39 is 0 Å². The van der Waals surface area contributed by atoms with Gasteiger partial charge in [0.1, 0.15) is 5.75 Å². The topological polar surface area (TPSA) is 59.9 Å². The summed E-state index contributed by atoms with van der Waals surface area (Å²) in [5, 5.41) is 3.48. The lowest BCUT2D eigenvalue weighted by Crippen LogP contribution is -2.23. The molecule has 0 aliphatic rings. The van der Waals surface area contributed by atoms with Crippen LogP contribution in [0.15, 0.2) is 24.7 Å². The fourth-order valence-corrected chi connectivity index (χ4v) is 2.36. The van der Waals surface area contributed by atoms with Crippen LogP contribution in [0.2, 0.25) is 0 Å². The molecule has 0 amide bonds. The monoisotopic (exact) mass is 292 g/mol. The molecule has 2 heterocycles. The Morgan fingerprint density at radius 1 is 1.30 bits per heavy atom. The molecule has 0 saturated carbocycles. The van der Waals surface area contributed by atoms with Crippen LogP contribution in [0.3, 0.4) is 0 Å². The lowest BCUT2D eigenvalue weighted by atomic mass is 10.1. The van der Waals surface area contributed by atoms with E-state index in [-0.39, 0.29) is 12.1 Å². The summed E-state index contributed by atoms with van der Waals surface area (Å²) >= 11 is 1.22. The van der Waals surface area contributed by atoms with Gasteiger partial charge in [-0.2, -0.15) is 8.75 Å². The molecule has 0 fully saturated rings. The van der Waals surface area contributed by atoms with Crippen molar-refractivity contribution in [2.24, 2.45) is 0 Å². The first-order valence-corrected chi connectivity index (χ1v) is 7.56. The molecule has 1 N–H and O–H groups in total. The summed E-state index contributed by atoms with van der Waals surface area (Å²) in [7, 11) is 0. The fraction of sp³-hybridized carbons (Fsp3) is 0.500. The summed E-state index contributed by atoms with van der Waals surface area (Å²) in [4.78, 5) is 4.27. The molecule has 2 aromatic heterocycles. The zero-order chi connectivity index (χ0) is 14.4. The van der Waals surface area contributed by atoms with Crippen molar-refractivity contribution < 1.29 is 4.74 Å². The maximum Gasteiger partial charge on any atom is 0.138 e. The predicted molar refractivity (Wildman–Crippen MR) is 80.0 cm³/mol. The molecule has 5 nitrogen and oxygen atoms in total. The lowest BCUT2D eigenvalue weighted by Gasteiger charge is -2.17. The average molecular weight is 292 g/mol. The van der Waals surface area contributed by atoms with Gasteiger partial charge < -0.3 is 10.1 Å². The minimum absolute atomic E-state index is 0.0110. The molecule has 0 aromatic carbocycles. The van der Waals surface area contributed by atoms with Crippen LogP contribution in [-0.4, -0.2) is 26.4 Å². The van der Waals surface area contributed by atoms with Crippen LogP contribution in [0.1, 0.15) is 44.5 Å². The number of hydrogen-bond acceptors (Lipinski definition) is 6. The van der Waals surface area contributed by atoms with Gasteiger partial charge in [0.2, 0.25) is 0 Å². The number of rotatable bonds is 7. The molecule has 2 rings (SSSR count). The van der Waals surface area contributed by atoms with Gasteiger partial charge in [-0.25, -0.2) is 0 Å². The van der Waals surface area contributed by atoms with Gasteiger partial charge in [-0.1, -0.05) is 6.92 Å². The Kier molecular flexibility index (Phi) is 5.43. The van der Waals surface area contributed by atoms with Crippen LogP contribution in [-0.2, 0) is 0 Å². The van der Waals surface area contributed by atoms with Gasteiger partial charge in [0.15, 0.2) is 0 Å². The second-order valence-corrected chi connectivity index (χ2v) is 5.40. The van der Waals surface area contributed by atoms with Crippen LogP contribution < -0.4 is 10.1 Å². The second-order valence-electron chi connectivity index (χ2n) is 4.84. The number of ether oxygens (including phenoxy) is 1. The quantitative estimate of drug-likeness (QED) is 0.850. The highest BCUT2D eigenvalue weighted by molar-refractivity contribution is 6.99. The molecule has 20 heavy (non-hydrogen) atoms. The number of nitrogens with one attached hydrogen (secondary N) is 1. The zero-order valence-corrected chi connectivity index (χ0v) is 12.9. The number of aromatic nitrogens is 3. The number of hydrogen-bond donors (Lipinski definition) is 1. The Balaban J connectivity index is 2.24. The van der Waals surface area contributed by atoms with Gasteiger partial charge in [0.25, 0.3) is 0 Å². The molecule has 6 heteroatoms. The van der Waals surface area contributed by atoms with Crippen LogP contribution >= 0.6 is 11.7 Å². The molecule has 0 aliphatic heterocycles. The summed E-state index contributed by atoms with van der Waals surface area (Å²) in [5.41, 5.74) is 1.97. The summed E-state index contributed by atoms with van der Waals surface area (Å²) in [6.45, 7) is 7.06. The van der Waals surface area contributed by atoms with Crippen LogP contribution in [0.25, 0.3) is 0 Å². The van der Waals surface area contributed by atoms with E-state index in [2.05, 4.69) is 26.0 Å². The van der Waals surface area contributed by atoms with Crippen molar-refractivity contribution in [3.8, 4) is 5.75 Å². The molecule has 0 bridgehead atoms. The number of pyridine rings is 1. The van der Waals surface area contributed by atoms with Crippen LogP contribution in [0, 0.1) is 0 Å². The van der Waals surface area contributed by atoms with E-state index in [0.717, 1.165) is 30.0 Å². The van der Waals surface area contributed by atoms with E-state index >= 15 is 0 Å². The summed E-state index contributed by atoms with van der Waals surface area (Å²) in [5.74, 6) is 0.781. The number of nitrogens with zero attached hydrogens (tertiary/aromatic N) is 3. The summed E-state index contributed by atoms with van der Waals surface area (Å²) in [6.07, 6.45) is 6.58. The fourth-order valence-electron chi connectivity index (χ4n) is 1.91. The van der Waals surface area contributed by atoms with E-state index in [1.165, 1.54) is 11.7 Å². The Hall–Kier alpha value is -1.53. The Morgan fingerprint density at radius 2 is 2.15 bits per heavy atom. The van der Waals surface area contributed by atoms with Crippen LogP contribution in [0.5, 0.6) is 5.75 Å². The zero-order valence-electron chi connectivity index (χ0n) is 12.0. The predicted octanol–water partition coefficient (Wildman–Crippen LogP) is 2.81. The molecule has 0 radical (unpaired) electrons. The van der Waals surface area contributed by atoms with Crippen molar-refractivity contribution in [3.63, 3.8) is 0 Å². The first-order chi connectivity index (χ1) is 9.70. The minimum atomic E-state index is 0.0110. The van der Waals surface area contributed by atoms with E-state index in [1.807, 2.05) is 26.1 Å². The van der Waals surface area contributed by atoms with Crippen molar-refractivity contribution >= 4 is 11.7 Å². The SMILES string of the molecule is CCCNC(c1cncc(OC(C)C)c1)c1cnsn1. The Morgan fingerprint density at radius 3 is 2.80 bits per heavy atom. The average Bonchev–Trinajstić information content (AvgIpc) is 2.93. The highest BCUT2D eigenvalue weighted by Gasteiger charge is 2.17. The van der Waals surface area contributed by atoms with Crippen molar-refractivity contribution in [3.05, 3.63) is 35.9 Å². The van der Waals surface area contributed by atoms with E-state index in [9.17, 15) is 0 Å². The smallest absolute Gasteiger partial charge is 0.138 e. The largest absolute Gasteiger partial charge is 0.489 e. The van der Waals surface area contributed by atoms with Crippen molar-refractivity contribution in [2.75, 3.05) is 6.54 Å². The van der Waals surface area contributed by atoms with Crippen molar-refractivity contribution in [1.82, 2.24) is 19.0 Å². The molecule has 2 aromatic rings. The highest BCUT2D eigenvalue weighted by Crippen LogP contribution is 2.23. The summed E-state index contributed by atoms with van der Waals surface area (Å²) < 4.78 is 14.1. The third kappa shape index (κ3) is 3.98. The molecule has 1 unspecified atom stereocenters. The van der Waals surface area contributed by atoms with Gasteiger partial charge >= 0.3 is 0 Å². The van der Waals surface area contributed by atoms with Gasteiger partial charge in [-0.05, 0) is 38.4 Å². The standard InChI is InChI=1S/C14H20N4OS/c1-4-5-16-14(13-9-17-20-18-13)11-6-12(8-15-7-11)19-10(2)3/h6-10,14,16H,4-5H2,1-3H3. The Labute approximate surface area is 123 Å². The van der Waals surface area contributed by atoms with Crippen molar-refractivity contribution in [1.29, 1.82) is 0 Å². The van der Waals surface area contributed by atoms with E-state index in [1.54, 1.807) is 12.4 Å². The van der Waals surface area contributed by atoms with Crippen LogP contribution in [0.4, 0.5) is 0 Å². The van der Waals surface area contributed by atoms with Crippen molar-refractivity contribution in [2.45, 2.75) is 39.3 Å². The third-order valence-corrected chi connectivity index (χ3v) is 3.20. The molecule has 108 valence electrons. The maximum atomic E-state index is 5.70. The molecule has 0 spiro atoms. The van der Waals surface area contributed by atoms with Gasteiger partial charge in [-0.3, -0.25) is 4.98 Å². The molecule has 0 aliphatic carbocycles. The minimum Gasteiger partial charge on any atom is -0.489 e. The molecular formula is C14H20N4OS. The maximum absolute atomic E-state index is 5.70. The normalized spacial score (nSPS) is 12.6. The third-order valence-electron chi connectivity index (χ3n) is 2.71. The van der Waals surface area contributed by atoms with E-state index in [4.69, 9.17) is 4.74 Å². The lowest BCUT2D eigenvalue weighted by molar-refractivity contribution is 0.241. The Bertz CT molecular complexity index is 516. The van der Waals surface area contributed by atoms with Gasteiger partial charge in [-0.15, -0.1) is 0 Å². The molecule has 1 atom stereocenters. The summed E-state index contributed by atoms with van der Waals surface area (Å²) in [6, 6.07) is 2.02. The second kappa shape index (κ2) is 7.31. The van der Waals surface area contributed by atoms with Gasteiger partial charge in [0, 0.05) is 6.20 Å². The first kappa shape index (κ1) is 14.9. The molecular weight excluding hydrogens is 272 g/mol. The highest BCUT2D eigenvalue weighted by atomic mass is 32.1. The van der Waals surface area contributed by atoms with Gasteiger partial charge in [0.05, 0.1) is 42.0 Å². The van der Waals surface area contributed by atoms with E-state index in [0.29, 0.717) is 0 Å². The first-order valence-electron chi connectivity index (χ1n) is 6.83.